The zero-order valence-electron chi connectivity index (χ0n) is 24.2. The maximum Gasteiger partial charge on any atom is 0.429 e. The van der Waals surface area contributed by atoms with Crippen molar-refractivity contribution in [1.82, 2.24) is 0 Å². The summed E-state index contributed by atoms with van der Waals surface area (Å²) in [6, 6.07) is 0. The van der Waals surface area contributed by atoms with Gasteiger partial charge in [-0.15, -0.1) is 0 Å². The Balaban J connectivity index is 1.85. The van der Waals surface area contributed by atoms with Crippen LogP contribution in [0.5, 0.6) is 0 Å². The van der Waals surface area contributed by atoms with Crippen LogP contribution in [-0.4, -0.2) is 56.2 Å². The average Bonchev–Trinajstić information content (AvgIpc) is 3.16. The Kier molecular flexibility index (Phi) is 10.6. The third kappa shape index (κ3) is 8.18. The summed E-state index contributed by atoms with van der Waals surface area (Å²) in [6.07, 6.45) is -0.853. The van der Waals surface area contributed by atoms with Gasteiger partial charge < -0.3 is 20.4 Å². The van der Waals surface area contributed by atoms with Crippen molar-refractivity contribution in [1.29, 1.82) is 0 Å². The molecule has 0 saturated heterocycles. The highest BCUT2D eigenvalue weighted by Crippen LogP contribution is 2.60. The van der Waals surface area contributed by atoms with Gasteiger partial charge in [-0.25, -0.2) is 0 Å². The van der Waals surface area contributed by atoms with Crippen LogP contribution in [0, 0.1) is 23.2 Å². The highest BCUT2D eigenvalue weighted by atomic mass is 19.4. The third-order valence-corrected chi connectivity index (χ3v) is 9.71. The maximum absolute atomic E-state index is 13.2. The van der Waals surface area contributed by atoms with Crippen LogP contribution in [0.25, 0.3) is 0 Å². The van der Waals surface area contributed by atoms with E-state index in [0.29, 0.717) is 38.5 Å². The summed E-state index contributed by atoms with van der Waals surface area (Å²) in [5.41, 5.74) is -3.79. The molecule has 236 valence electrons. The van der Waals surface area contributed by atoms with Gasteiger partial charge in [0.05, 0.1) is 17.8 Å². The van der Waals surface area contributed by atoms with Gasteiger partial charge in [-0.3, -0.25) is 0 Å². The first kappa shape index (κ1) is 34.1. The highest BCUT2D eigenvalue weighted by molar-refractivity contribution is 5.26. The van der Waals surface area contributed by atoms with E-state index in [1.54, 1.807) is 13.8 Å². The van der Waals surface area contributed by atoms with Gasteiger partial charge in [0, 0.05) is 0 Å². The molecule has 0 aliphatic heterocycles. The molecule has 3 aliphatic carbocycles. The molecule has 0 radical (unpaired) electrons. The number of hydrogen-bond donors (Lipinski definition) is 4. The van der Waals surface area contributed by atoms with E-state index in [-0.39, 0.29) is 35.7 Å². The van der Waals surface area contributed by atoms with Crippen molar-refractivity contribution >= 4 is 0 Å². The zero-order chi connectivity index (χ0) is 30.9. The molecule has 3 saturated carbocycles. The SMILES string of the molecule is CC(C)(O)CCC[C@H](C/C=C\C(O)(C(F)(F)F)C(F)(F)F)[C@H]1CC[C@H]2/C(=C/C=C3C[C@@H](O)C[C@H](O)C3)CCC[C@]12C. The third-order valence-electron chi connectivity index (χ3n) is 9.71. The predicted octanol–water partition coefficient (Wildman–Crippen LogP) is 7.32. The molecule has 3 rings (SSSR count). The van der Waals surface area contributed by atoms with Gasteiger partial charge in [0.25, 0.3) is 5.60 Å². The van der Waals surface area contributed by atoms with Crippen LogP contribution in [0.3, 0.4) is 0 Å². The van der Waals surface area contributed by atoms with E-state index in [9.17, 15) is 46.8 Å². The Morgan fingerprint density at radius 3 is 2.12 bits per heavy atom. The molecular formula is C31H46F6O4. The predicted molar refractivity (Wildman–Crippen MR) is 145 cm³/mol. The van der Waals surface area contributed by atoms with Crippen molar-refractivity contribution in [2.45, 2.75) is 134 Å². The molecule has 0 aromatic rings. The molecule has 3 aliphatic rings. The quantitative estimate of drug-likeness (QED) is 0.166. The molecule has 0 heterocycles. The number of fused-ring (bicyclic) bond motifs is 1. The van der Waals surface area contributed by atoms with Crippen molar-refractivity contribution in [2.24, 2.45) is 23.2 Å². The summed E-state index contributed by atoms with van der Waals surface area (Å²) in [4.78, 5) is 0. The van der Waals surface area contributed by atoms with Gasteiger partial charge in [0.15, 0.2) is 0 Å². The second-order valence-corrected chi connectivity index (χ2v) is 13.5. The Bertz CT molecular complexity index is 951. The molecule has 0 amide bonds. The van der Waals surface area contributed by atoms with E-state index in [1.807, 2.05) is 6.08 Å². The number of aliphatic hydroxyl groups is 4. The molecule has 4 nitrogen and oxygen atoms in total. The molecule has 0 spiro atoms. The number of alkyl halides is 6. The van der Waals surface area contributed by atoms with Crippen molar-refractivity contribution in [3.63, 3.8) is 0 Å². The van der Waals surface area contributed by atoms with Crippen molar-refractivity contribution in [2.75, 3.05) is 0 Å². The fourth-order valence-electron chi connectivity index (χ4n) is 7.63. The summed E-state index contributed by atoms with van der Waals surface area (Å²) in [5, 5.41) is 39.8. The van der Waals surface area contributed by atoms with E-state index in [2.05, 4.69) is 13.0 Å². The van der Waals surface area contributed by atoms with Gasteiger partial charge in [0.1, 0.15) is 0 Å². The molecule has 3 fully saturated rings. The fraction of sp³-hybridized carbons (Fsp3) is 0.806. The summed E-state index contributed by atoms with van der Waals surface area (Å²) in [7, 11) is 0. The number of hydrogen-bond acceptors (Lipinski definition) is 4. The molecule has 41 heavy (non-hydrogen) atoms. The topological polar surface area (TPSA) is 80.9 Å². The first-order valence-electron chi connectivity index (χ1n) is 14.8. The number of halogens is 6. The molecule has 0 aromatic heterocycles. The second-order valence-electron chi connectivity index (χ2n) is 13.5. The zero-order valence-corrected chi connectivity index (χ0v) is 24.2. The van der Waals surface area contributed by atoms with Crippen LogP contribution in [0.2, 0.25) is 0 Å². The lowest BCUT2D eigenvalue weighted by Crippen LogP contribution is -2.55. The van der Waals surface area contributed by atoms with E-state index in [1.165, 1.54) is 5.57 Å². The van der Waals surface area contributed by atoms with Crippen LogP contribution < -0.4 is 0 Å². The largest absolute Gasteiger partial charge is 0.429 e. The van der Waals surface area contributed by atoms with Crippen molar-refractivity contribution < 1.29 is 46.8 Å². The van der Waals surface area contributed by atoms with Crippen LogP contribution >= 0.6 is 0 Å². The minimum atomic E-state index is -5.90. The number of rotatable bonds is 9. The summed E-state index contributed by atoms with van der Waals surface area (Å²) >= 11 is 0. The molecule has 0 bridgehead atoms. The Morgan fingerprint density at radius 2 is 1.56 bits per heavy atom. The second kappa shape index (κ2) is 12.7. The van der Waals surface area contributed by atoms with Gasteiger partial charge in [-0.1, -0.05) is 42.7 Å². The minimum absolute atomic E-state index is 0.0355. The monoisotopic (exact) mass is 596 g/mol. The Labute approximate surface area is 239 Å². The van der Waals surface area contributed by atoms with E-state index in [4.69, 9.17) is 0 Å². The van der Waals surface area contributed by atoms with Crippen molar-refractivity contribution in [3.05, 3.63) is 35.5 Å². The van der Waals surface area contributed by atoms with E-state index < -0.39 is 35.8 Å². The van der Waals surface area contributed by atoms with Crippen LogP contribution in [0.15, 0.2) is 35.5 Å². The lowest BCUT2D eigenvalue weighted by atomic mass is 9.60. The summed E-state index contributed by atoms with van der Waals surface area (Å²) < 4.78 is 79.5. The van der Waals surface area contributed by atoms with Gasteiger partial charge in [-0.2, -0.15) is 26.3 Å². The van der Waals surface area contributed by atoms with Gasteiger partial charge >= 0.3 is 12.4 Å². The average molecular weight is 597 g/mol. The van der Waals surface area contributed by atoms with Crippen LogP contribution in [0.1, 0.15) is 97.8 Å². The summed E-state index contributed by atoms with van der Waals surface area (Å²) in [6.45, 7) is 5.51. The van der Waals surface area contributed by atoms with E-state index >= 15 is 0 Å². The Morgan fingerprint density at radius 1 is 0.951 bits per heavy atom. The Hall–Kier alpha value is -1.36. The maximum atomic E-state index is 13.2. The molecule has 10 heteroatoms. The first-order chi connectivity index (χ1) is 18.8. The molecule has 4 N–H and O–H groups in total. The van der Waals surface area contributed by atoms with Gasteiger partial charge in [-0.05, 0) is 114 Å². The first-order valence-corrected chi connectivity index (χ1v) is 14.8. The standard InChI is InChI=1S/C31H46F6O4/c1-27(2,40)14-4-7-21(9-6-16-29(41,30(32,33)34)31(35,36)37)25-12-13-26-22(8-5-15-28(25,26)3)11-10-20-17-23(38)19-24(39)18-20/h6,10-11,16,21,23-26,38-41H,4-5,7-9,12-15,17-19H2,1-3H3/b16-6-,22-11+/t21-,23-,24-,25-,26+,28-/m1/s1. The molecular weight excluding hydrogens is 550 g/mol. The van der Waals surface area contributed by atoms with Gasteiger partial charge in [0.2, 0.25) is 0 Å². The molecule has 0 unspecified atom stereocenters. The van der Waals surface area contributed by atoms with Crippen molar-refractivity contribution in [3.8, 4) is 0 Å². The van der Waals surface area contributed by atoms with Crippen LogP contribution in [0.4, 0.5) is 26.3 Å². The summed E-state index contributed by atoms with van der Waals surface area (Å²) in [5.74, 6) is 0.0637. The lowest BCUT2D eigenvalue weighted by molar-refractivity contribution is -0.347. The smallest absolute Gasteiger partial charge is 0.393 e. The van der Waals surface area contributed by atoms with Crippen LogP contribution in [-0.2, 0) is 0 Å². The lowest BCUT2D eigenvalue weighted by Gasteiger charge is -2.45. The van der Waals surface area contributed by atoms with E-state index in [0.717, 1.165) is 43.8 Å². The number of allylic oxidation sites excluding steroid dienone is 4. The molecule has 0 aromatic carbocycles. The normalized spacial score (nSPS) is 32.0. The minimum Gasteiger partial charge on any atom is -0.393 e. The fourth-order valence-corrected chi connectivity index (χ4v) is 7.63. The molecule has 6 atom stereocenters. The highest BCUT2D eigenvalue weighted by Gasteiger charge is 2.69. The number of aliphatic hydroxyl groups excluding tert-OH is 2.